The van der Waals surface area contributed by atoms with Crippen molar-refractivity contribution in [1.29, 1.82) is 0 Å². The second-order valence-electron chi connectivity index (χ2n) is 8.07. The molecule has 3 aromatic rings. The number of nitrogens with zero attached hydrogens (tertiary/aromatic N) is 4. The summed E-state index contributed by atoms with van der Waals surface area (Å²) in [5.41, 5.74) is 8.92. The Kier molecular flexibility index (Phi) is 6.36. The van der Waals surface area contributed by atoms with Crippen LogP contribution in [0.3, 0.4) is 0 Å². The van der Waals surface area contributed by atoms with Crippen LogP contribution in [0, 0.1) is 5.92 Å². The number of rotatable bonds is 4. The number of nitrogens with two attached hydrogens (primary N) is 1. The number of amides is 1. The Labute approximate surface area is 185 Å². The second kappa shape index (κ2) is 9.35. The zero-order valence-electron chi connectivity index (χ0n) is 18.0. The zero-order valence-corrected chi connectivity index (χ0v) is 18.0. The number of nitrogen functional groups attached to an aromatic ring is 1. The Bertz CT molecular complexity index is 1100. The summed E-state index contributed by atoms with van der Waals surface area (Å²) < 4.78 is 7.08. The maximum absolute atomic E-state index is 12.7. The number of piperidine rings is 1. The Balaban J connectivity index is 0.000000354. The lowest BCUT2D eigenvalue weighted by atomic mass is 10.0. The van der Waals surface area contributed by atoms with Gasteiger partial charge in [-0.05, 0) is 49.9 Å². The Morgan fingerprint density at radius 1 is 1.06 bits per heavy atom. The smallest absolute Gasteiger partial charge is 0.306 e. The van der Waals surface area contributed by atoms with E-state index < -0.39 is 5.97 Å². The predicted molar refractivity (Wildman–Crippen MR) is 119 cm³/mol. The summed E-state index contributed by atoms with van der Waals surface area (Å²) in [6.45, 7) is 1.47. The lowest BCUT2D eigenvalue weighted by Crippen LogP contribution is -2.40. The number of carbonyl (C=O) groups excluding carboxylic acids is 1. The van der Waals surface area contributed by atoms with Crippen molar-refractivity contribution in [1.82, 2.24) is 19.5 Å². The first-order chi connectivity index (χ1) is 15.5. The number of carboxylic acids is 1. The minimum absolute atomic E-state index is 0.0185. The monoisotopic (exact) mass is 437 g/mol. The van der Waals surface area contributed by atoms with Crippen molar-refractivity contribution in [3.8, 4) is 11.3 Å². The van der Waals surface area contributed by atoms with Gasteiger partial charge >= 0.3 is 5.97 Å². The summed E-state index contributed by atoms with van der Waals surface area (Å²) in [6.07, 6.45) is 3.83. The maximum atomic E-state index is 12.7. The van der Waals surface area contributed by atoms with Gasteiger partial charge in [-0.1, -0.05) is 18.2 Å². The fourth-order valence-corrected chi connectivity index (χ4v) is 3.73. The van der Waals surface area contributed by atoms with Crippen LogP contribution in [0.1, 0.15) is 36.0 Å². The van der Waals surface area contributed by atoms with Crippen LogP contribution in [-0.4, -0.2) is 62.8 Å². The van der Waals surface area contributed by atoms with E-state index in [9.17, 15) is 9.59 Å². The molecule has 0 radical (unpaired) electrons. The third-order valence-corrected chi connectivity index (χ3v) is 5.79. The van der Waals surface area contributed by atoms with Gasteiger partial charge in [-0.25, -0.2) is 4.52 Å². The largest absolute Gasteiger partial charge is 0.481 e. The first-order valence-corrected chi connectivity index (χ1v) is 10.7. The van der Waals surface area contributed by atoms with Crippen molar-refractivity contribution in [2.45, 2.75) is 31.8 Å². The summed E-state index contributed by atoms with van der Waals surface area (Å²) in [6, 6.07) is 13.3. The van der Waals surface area contributed by atoms with Crippen LogP contribution in [-0.2, 0) is 9.53 Å². The molecule has 0 spiro atoms. The molecular weight excluding hydrogens is 410 g/mol. The second-order valence-corrected chi connectivity index (χ2v) is 8.07. The highest BCUT2D eigenvalue weighted by atomic mass is 16.5. The number of carbonyl (C=O) groups is 2. The molecule has 3 heterocycles. The van der Waals surface area contributed by atoms with E-state index in [1.54, 1.807) is 11.6 Å². The first kappa shape index (κ1) is 21.8. The molecule has 1 aliphatic carbocycles. The molecule has 2 aliphatic rings. The van der Waals surface area contributed by atoms with Gasteiger partial charge in [0, 0.05) is 31.3 Å². The molecule has 2 aromatic heterocycles. The fourth-order valence-electron chi connectivity index (χ4n) is 3.73. The fraction of sp³-hybridized carbons (Fsp3) is 0.391. The van der Waals surface area contributed by atoms with Crippen LogP contribution in [0.5, 0.6) is 0 Å². The van der Waals surface area contributed by atoms with Gasteiger partial charge in [-0.15, -0.1) is 5.10 Å². The summed E-state index contributed by atoms with van der Waals surface area (Å²) in [5.74, 6) is -0.307. The van der Waals surface area contributed by atoms with Crippen molar-refractivity contribution in [2.75, 3.05) is 25.9 Å². The normalized spacial score (nSPS) is 16.5. The number of ether oxygens (including phenoxy) is 1. The molecule has 168 valence electrons. The Morgan fingerprint density at radius 2 is 1.75 bits per heavy atom. The van der Waals surface area contributed by atoms with Crippen LogP contribution in [0.15, 0.2) is 42.5 Å². The minimum Gasteiger partial charge on any atom is -0.481 e. The number of likely N-dealkylation sites (tertiary alicyclic amines) is 1. The molecule has 9 heteroatoms. The number of carboxylic acid groups (broad SMARTS) is 1. The number of aliphatic carboxylic acids is 1. The van der Waals surface area contributed by atoms with Gasteiger partial charge in [0.05, 0.1) is 17.7 Å². The first-order valence-electron chi connectivity index (χ1n) is 10.7. The quantitative estimate of drug-likeness (QED) is 0.643. The van der Waals surface area contributed by atoms with Crippen molar-refractivity contribution in [2.24, 2.45) is 5.92 Å². The van der Waals surface area contributed by atoms with E-state index in [1.807, 2.05) is 47.4 Å². The van der Waals surface area contributed by atoms with Crippen molar-refractivity contribution < 1.29 is 19.4 Å². The molecule has 1 saturated carbocycles. The van der Waals surface area contributed by atoms with Crippen molar-refractivity contribution >= 4 is 23.5 Å². The number of hydrogen-bond donors (Lipinski definition) is 2. The van der Waals surface area contributed by atoms with Crippen LogP contribution in [0.2, 0.25) is 0 Å². The molecule has 1 amide bonds. The summed E-state index contributed by atoms with van der Waals surface area (Å²) in [5, 5.41) is 12.3. The number of pyridine rings is 1. The van der Waals surface area contributed by atoms with E-state index >= 15 is 0 Å². The van der Waals surface area contributed by atoms with Crippen molar-refractivity contribution in [3.05, 3.63) is 48.0 Å². The highest BCUT2D eigenvalue weighted by Crippen LogP contribution is 2.28. The Morgan fingerprint density at radius 3 is 2.31 bits per heavy atom. The summed E-state index contributed by atoms with van der Waals surface area (Å²) in [4.78, 5) is 28.5. The number of aromatic nitrogens is 3. The maximum Gasteiger partial charge on any atom is 0.306 e. The zero-order chi connectivity index (χ0) is 22.7. The SMILES string of the molecule is COC1CCN(C(=O)c2ccc(-c3cccc4nc(N)nn34)cc2)CC1.O=C(O)C1CC1. The third-order valence-electron chi connectivity index (χ3n) is 5.79. The number of methoxy groups -OCH3 is 1. The number of hydrogen-bond acceptors (Lipinski definition) is 6. The highest BCUT2D eigenvalue weighted by Gasteiger charge is 2.28. The lowest BCUT2D eigenvalue weighted by molar-refractivity contribution is -0.138. The molecule has 9 nitrogen and oxygen atoms in total. The molecule has 0 atom stereocenters. The predicted octanol–water partition coefficient (Wildman–Crippen LogP) is 2.71. The standard InChI is InChI=1S/C19H21N5O2.C4H6O2/c1-26-15-9-11-23(12-10-15)18(25)14-7-5-13(6-8-14)16-3-2-4-17-21-19(20)22-24(16)17;5-4(6)3-1-2-3/h2-8,15H,9-12H2,1H3,(H2,20,22);3H,1-2H2,(H,5,6). The molecule has 0 bridgehead atoms. The van der Waals surface area contributed by atoms with E-state index in [-0.39, 0.29) is 23.9 Å². The van der Waals surface area contributed by atoms with E-state index in [1.165, 1.54) is 0 Å². The molecule has 1 aliphatic heterocycles. The molecule has 1 aromatic carbocycles. The summed E-state index contributed by atoms with van der Waals surface area (Å²) >= 11 is 0. The van der Waals surface area contributed by atoms with Crippen LogP contribution in [0.25, 0.3) is 16.9 Å². The van der Waals surface area contributed by atoms with Gasteiger partial charge in [0.25, 0.3) is 5.91 Å². The van der Waals surface area contributed by atoms with Crippen LogP contribution < -0.4 is 5.73 Å². The minimum atomic E-state index is -0.630. The van der Waals surface area contributed by atoms with Gasteiger partial charge in [-0.2, -0.15) is 4.98 Å². The lowest BCUT2D eigenvalue weighted by Gasteiger charge is -2.31. The summed E-state index contributed by atoms with van der Waals surface area (Å²) in [7, 11) is 1.73. The number of fused-ring (bicyclic) bond motifs is 1. The number of anilines is 1. The molecule has 5 rings (SSSR count). The molecule has 1 saturated heterocycles. The van der Waals surface area contributed by atoms with Gasteiger partial charge < -0.3 is 20.5 Å². The third kappa shape index (κ3) is 4.88. The molecule has 2 fully saturated rings. The van der Waals surface area contributed by atoms with E-state index in [0.29, 0.717) is 11.2 Å². The molecule has 32 heavy (non-hydrogen) atoms. The molecule has 3 N–H and O–H groups in total. The molecular formula is C23H27N5O4. The molecule has 0 unspecified atom stereocenters. The van der Waals surface area contributed by atoms with E-state index in [0.717, 1.165) is 50.0 Å². The Hall–Kier alpha value is -3.46. The average molecular weight is 438 g/mol. The van der Waals surface area contributed by atoms with Gasteiger partial charge in [-0.3, -0.25) is 9.59 Å². The highest BCUT2D eigenvalue weighted by molar-refractivity contribution is 5.94. The van der Waals surface area contributed by atoms with E-state index in [2.05, 4.69) is 10.1 Å². The van der Waals surface area contributed by atoms with Gasteiger partial charge in [0.1, 0.15) is 0 Å². The average Bonchev–Trinajstić information content (AvgIpc) is 3.60. The number of benzene rings is 1. The van der Waals surface area contributed by atoms with Crippen LogP contribution in [0.4, 0.5) is 5.95 Å². The van der Waals surface area contributed by atoms with Gasteiger partial charge in [0.15, 0.2) is 5.65 Å². The topological polar surface area (TPSA) is 123 Å². The van der Waals surface area contributed by atoms with Crippen molar-refractivity contribution in [3.63, 3.8) is 0 Å². The van der Waals surface area contributed by atoms with E-state index in [4.69, 9.17) is 15.6 Å². The van der Waals surface area contributed by atoms with Gasteiger partial charge in [0.2, 0.25) is 5.95 Å². The van der Waals surface area contributed by atoms with Crippen LogP contribution >= 0.6 is 0 Å².